The molecule has 1 heterocycles. The summed E-state index contributed by atoms with van der Waals surface area (Å²) >= 11 is 0. The van der Waals surface area contributed by atoms with Crippen molar-refractivity contribution in [3.8, 4) is 5.75 Å². The minimum Gasteiger partial charge on any atom is -0.497 e. The second kappa shape index (κ2) is 9.66. The highest BCUT2D eigenvalue weighted by atomic mass is 32.2. The van der Waals surface area contributed by atoms with Gasteiger partial charge < -0.3 is 9.64 Å². The molecule has 26 heavy (non-hydrogen) atoms. The van der Waals surface area contributed by atoms with Gasteiger partial charge in [0.2, 0.25) is 0 Å². The van der Waals surface area contributed by atoms with Crippen molar-refractivity contribution in [1.82, 2.24) is 19.2 Å². The minimum absolute atomic E-state index is 0.0105. The molecule has 1 unspecified atom stereocenters. The van der Waals surface area contributed by atoms with E-state index in [1.54, 1.807) is 7.11 Å². The van der Waals surface area contributed by atoms with E-state index in [0.29, 0.717) is 6.54 Å². The van der Waals surface area contributed by atoms with Gasteiger partial charge in [0, 0.05) is 44.8 Å². The van der Waals surface area contributed by atoms with Gasteiger partial charge in [-0.05, 0) is 38.1 Å². The smallest absolute Gasteiger partial charge is 0.277 e. The van der Waals surface area contributed by atoms with Gasteiger partial charge in [-0.25, -0.2) is 4.72 Å². The lowest BCUT2D eigenvalue weighted by atomic mass is 10.0. The molecule has 0 amide bonds. The summed E-state index contributed by atoms with van der Waals surface area (Å²) in [5, 5.41) is 0. The summed E-state index contributed by atoms with van der Waals surface area (Å²) in [7, 11) is -1.87. The Morgan fingerprint density at radius 2 is 1.73 bits per heavy atom. The first-order valence-electron chi connectivity index (χ1n) is 9.22. The van der Waals surface area contributed by atoms with E-state index in [1.165, 1.54) is 0 Å². The monoisotopic (exact) mass is 384 g/mol. The fraction of sp³-hybridized carbons (Fsp3) is 0.667. The number of nitrogens with zero attached hydrogens (tertiary/aromatic N) is 2. The van der Waals surface area contributed by atoms with Crippen LogP contribution in [0.4, 0.5) is 0 Å². The van der Waals surface area contributed by atoms with E-state index < -0.39 is 10.2 Å². The number of piperazine rings is 1. The molecule has 0 aromatic heterocycles. The number of hydrogen-bond acceptors (Lipinski definition) is 5. The molecule has 1 aromatic carbocycles. The van der Waals surface area contributed by atoms with Crippen LogP contribution in [0.3, 0.4) is 0 Å². The Balaban J connectivity index is 2.13. The molecule has 1 aromatic rings. The fourth-order valence-electron chi connectivity index (χ4n) is 3.22. The molecule has 1 atom stereocenters. The first-order valence-corrected chi connectivity index (χ1v) is 10.7. The van der Waals surface area contributed by atoms with Gasteiger partial charge in [-0.15, -0.1) is 0 Å². The van der Waals surface area contributed by atoms with E-state index >= 15 is 0 Å². The van der Waals surface area contributed by atoms with Crippen LogP contribution in [0.2, 0.25) is 0 Å². The van der Waals surface area contributed by atoms with Crippen LogP contribution in [-0.4, -0.2) is 70.6 Å². The highest BCUT2D eigenvalue weighted by Gasteiger charge is 2.26. The first kappa shape index (κ1) is 21.1. The van der Waals surface area contributed by atoms with Gasteiger partial charge in [0.25, 0.3) is 10.2 Å². The molecule has 0 bridgehead atoms. The lowest BCUT2D eigenvalue weighted by Gasteiger charge is -2.39. The van der Waals surface area contributed by atoms with Crippen LogP contribution in [0.15, 0.2) is 24.3 Å². The Bertz CT molecular complexity index is 641. The third kappa shape index (κ3) is 6.21. The van der Waals surface area contributed by atoms with E-state index in [9.17, 15) is 8.42 Å². The Kier molecular flexibility index (Phi) is 7.85. The molecule has 1 aliphatic rings. The predicted octanol–water partition coefficient (Wildman–Crippen LogP) is 1.21. The van der Waals surface area contributed by atoms with Crippen molar-refractivity contribution in [2.45, 2.75) is 32.9 Å². The number of methoxy groups -OCH3 is 1. The van der Waals surface area contributed by atoms with Crippen LogP contribution in [0.1, 0.15) is 32.4 Å². The number of hydrogen-bond donors (Lipinski definition) is 2. The molecule has 0 spiro atoms. The largest absolute Gasteiger partial charge is 0.497 e. The van der Waals surface area contributed by atoms with Crippen molar-refractivity contribution in [3.05, 3.63) is 29.8 Å². The Hall–Kier alpha value is -1.19. The fourth-order valence-corrected chi connectivity index (χ4v) is 4.30. The SMILES string of the molecule is CCN1CCN(C(CNS(=O)(=O)NC(C)C)c2ccc(OC)cc2)CC1. The maximum Gasteiger partial charge on any atom is 0.277 e. The van der Waals surface area contributed by atoms with Crippen LogP contribution in [-0.2, 0) is 10.2 Å². The average molecular weight is 385 g/mol. The molecule has 0 radical (unpaired) electrons. The number of ether oxygens (including phenoxy) is 1. The first-order chi connectivity index (χ1) is 12.3. The Morgan fingerprint density at radius 1 is 1.12 bits per heavy atom. The van der Waals surface area contributed by atoms with Crippen molar-refractivity contribution >= 4 is 10.2 Å². The molecule has 1 saturated heterocycles. The van der Waals surface area contributed by atoms with Gasteiger partial charge in [0.05, 0.1) is 7.11 Å². The zero-order valence-electron chi connectivity index (χ0n) is 16.2. The van der Waals surface area contributed by atoms with Crippen LogP contribution in [0.5, 0.6) is 5.75 Å². The molecule has 7 nitrogen and oxygen atoms in total. The summed E-state index contributed by atoms with van der Waals surface area (Å²) in [6.07, 6.45) is 0. The molecule has 2 N–H and O–H groups in total. The van der Waals surface area contributed by atoms with Gasteiger partial charge in [0.1, 0.15) is 5.75 Å². The second-order valence-corrected chi connectivity index (χ2v) is 8.41. The summed E-state index contributed by atoms with van der Waals surface area (Å²) < 4.78 is 34.9. The van der Waals surface area contributed by atoms with Crippen LogP contribution < -0.4 is 14.2 Å². The summed E-state index contributed by atoms with van der Waals surface area (Å²) in [4.78, 5) is 4.76. The highest BCUT2D eigenvalue weighted by molar-refractivity contribution is 7.87. The number of rotatable bonds is 9. The van der Waals surface area contributed by atoms with Gasteiger partial charge in [0.15, 0.2) is 0 Å². The zero-order chi connectivity index (χ0) is 19.2. The lowest BCUT2D eigenvalue weighted by molar-refractivity contribution is 0.100. The van der Waals surface area contributed by atoms with E-state index in [4.69, 9.17) is 4.74 Å². The normalized spacial score (nSPS) is 18.2. The van der Waals surface area contributed by atoms with Crippen molar-refractivity contribution < 1.29 is 13.2 Å². The minimum atomic E-state index is -3.51. The molecule has 0 saturated carbocycles. The second-order valence-electron chi connectivity index (χ2n) is 6.88. The van der Waals surface area contributed by atoms with Gasteiger partial charge >= 0.3 is 0 Å². The number of nitrogens with one attached hydrogen (secondary N) is 2. The summed E-state index contributed by atoms with van der Waals surface area (Å²) in [5.41, 5.74) is 1.09. The Morgan fingerprint density at radius 3 is 2.23 bits per heavy atom. The quantitative estimate of drug-likeness (QED) is 0.669. The van der Waals surface area contributed by atoms with Crippen LogP contribution in [0, 0.1) is 0 Å². The zero-order valence-corrected chi connectivity index (χ0v) is 17.1. The maximum atomic E-state index is 12.2. The number of likely N-dealkylation sites (N-methyl/N-ethyl adjacent to an activating group) is 1. The molecular weight excluding hydrogens is 352 g/mol. The lowest BCUT2D eigenvalue weighted by Crippen LogP contribution is -2.50. The van der Waals surface area contributed by atoms with Gasteiger partial charge in [-0.1, -0.05) is 19.1 Å². The third-order valence-electron chi connectivity index (χ3n) is 4.65. The topological polar surface area (TPSA) is 73.9 Å². The van der Waals surface area contributed by atoms with Crippen molar-refractivity contribution in [3.63, 3.8) is 0 Å². The average Bonchev–Trinajstić information content (AvgIpc) is 2.61. The molecule has 0 aliphatic carbocycles. The molecular formula is C18H32N4O3S. The van der Waals surface area contributed by atoms with Gasteiger partial charge in [-0.3, -0.25) is 4.90 Å². The van der Waals surface area contributed by atoms with Crippen LogP contribution >= 0.6 is 0 Å². The van der Waals surface area contributed by atoms with Crippen molar-refractivity contribution in [1.29, 1.82) is 0 Å². The van der Waals surface area contributed by atoms with Crippen LogP contribution in [0.25, 0.3) is 0 Å². The number of benzene rings is 1. The van der Waals surface area contributed by atoms with E-state index in [2.05, 4.69) is 26.2 Å². The summed E-state index contributed by atoms with van der Waals surface area (Å²) in [6, 6.07) is 7.72. The molecule has 1 fully saturated rings. The maximum absolute atomic E-state index is 12.2. The predicted molar refractivity (Wildman–Crippen MR) is 105 cm³/mol. The van der Waals surface area contributed by atoms with E-state index in [-0.39, 0.29) is 12.1 Å². The van der Waals surface area contributed by atoms with Gasteiger partial charge in [-0.2, -0.15) is 13.1 Å². The molecule has 1 aliphatic heterocycles. The Labute approximate surface area is 157 Å². The molecule has 148 valence electrons. The van der Waals surface area contributed by atoms with E-state index in [0.717, 1.165) is 44.0 Å². The van der Waals surface area contributed by atoms with Crippen molar-refractivity contribution in [2.75, 3.05) is 46.4 Å². The summed E-state index contributed by atoms with van der Waals surface area (Å²) in [6.45, 7) is 11.0. The van der Waals surface area contributed by atoms with Crippen molar-refractivity contribution in [2.24, 2.45) is 0 Å². The van der Waals surface area contributed by atoms with E-state index in [1.807, 2.05) is 38.1 Å². The summed E-state index contributed by atoms with van der Waals surface area (Å²) in [5.74, 6) is 0.797. The standard InChI is InChI=1S/C18H32N4O3S/c1-5-21-10-12-22(13-11-21)18(14-19-26(23,24)20-15(2)3)16-6-8-17(25-4)9-7-16/h6-9,15,18-20H,5,10-14H2,1-4H3. The third-order valence-corrected chi connectivity index (χ3v) is 5.98. The molecule has 8 heteroatoms. The molecule has 2 rings (SSSR count). The highest BCUT2D eigenvalue weighted by Crippen LogP contribution is 2.24.